The Morgan fingerprint density at radius 1 is 1.17 bits per heavy atom. The van der Waals surface area contributed by atoms with E-state index in [0.29, 0.717) is 10.8 Å². The molecule has 1 aromatic carbocycles. The van der Waals surface area contributed by atoms with Gasteiger partial charge in [0.05, 0.1) is 6.20 Å². The van der Waals surface area contributed by atoms with Gasteiger partial charge in [-0.05, 0) is 35.7 Å². The fraction of sp³-hybridized carbons (Fsp3) is 0.231. The minimum absolute atomic E-state index is 0.108. The molecule has 3 nitrogen and oxygen atoms in total. The first-order valence-corrected chi connectivity index (χ1v) is 6.39. The summed E-state index contributed by atoms with van der Waals surface area (Å²) in [5.41, 5.74) is 1.27. The quantitative estimate of drug-likeness (QED) is 0.773. The van der Waals surface area contributed by atoms with Gasteiger partial charge < -0.3 is 4.74 Å². The first kappa shape index (κ1) is 13.1. The maximum atomic E-state index is 5.92. The maximum Gasteiger partial charge on any atom is 0.242 e. The van der Waals surface area contributed by atoms with Crippen molar-refractivity contribution in [2.75, 3.05) is 0 Å². The number of aryl methyl sites for hydroxylation is 1. The second-order valence-electron chi connectivity index (χ2n) is 3.79. The number of ether oxygens (including phenoxy) is 1. The van der Waals surface area contributed by atoms with E-state index in [1.807, 2.05) is 24.3 Å². The first-order valence-electron chi connectivity index (χ1n) is 5.64. The second-order valence-corrected chi connectivity index (χ2v) is 4.53. The van der Waals surface area contributed by atoms with Crippen molar-refractivity contribution in [2.24, 2.45) is 0 Å². The monoisotopic (exact) mass is 282 g/mol. The Bertz CT molecular complexity index is 529. The Balaban J connectivity index is 2.15. The lowest BCUT2D eigenvalue weighted by molar-refractivity contribution is 0.461. The van der Waals surface area contributed by atoms with E-state index in [4.69, 9.17) is 27.9 Å². The summed E-state index contributed by atoms with van der Waals surface area (Å²) >= 11 is 11.6. The SMILES string of the molecule is CCCc1ccc(Oc2nc(Cl)ncc2Cl)cc1. The normalized spacial score (nSPS) is 10.4. The molecule has 2 rings (SSSR count). The lowest BCUT2D eigenvalue weighted by atomic mass is 10.1. The predicted octanol–water partition coefficient (Wildman–Crippen LogP) is 4.53. The number of hydrogen-bond donors (Lipinski definition) is 0. The van der Waals surface area contributed by atoms with Gasteiger partial charge in [-0.1, -0.05) is 37.1 Å². The molecule has 0 saturated carbocycles. The van der Waals surface area contributed by atoms with Crippen LogP contribution >= 0.6 is 23.2 Å². The zero-order chi connectivity index (χ0) is 13.0. The van der Waals surface area contributed by atoms with Crippen LogP contribution in [0.3, 0.4) is 0 Å². The maximum absolute atomic E-state index is 5.92. The van der Waals surface area contributed by atoms with Crippen molar-refractivity contribution < 1.29 is 4.74 Å². The topological polar surface area (TPSA) is 35.0 Å². The van der Waals surface area contributed by atoms with Crippen molar-refractivity contribution in [2.45, 2.75) is 19.8 Å². The molecule has 0 N–H and O–H groups in total. The molecule has 0 aliphatic rings. The molecule has 0 fully saturated rings. The summed E-state index contributed by atoms with van der Waals surface area (Å²) < 4.78 is 5.56. The molecule has 0 spiro atoms. The third-order valence-electron chi connectivity index (χ3n) is 2.36. The number of benzene rings is 1. The number of aromatic nitrogens is 2. The highest BCUT2D eigenvalue weighted by atomic mass is 35.5. The van der Waals surface area contributed by atoms with Crippen molar-refractivity contribution in [3.63, 3.8) is 0 Å². The molecule has 1 aromatic heterocycles. The third kappa shape index (κ3) is 3.34. The van der Waals surface area contributed by atoms with E-state index in [-0.39, 0.29) is 11.2 Å². The minimum Gasteiger partial charge on any atom is -0.437 e. The Morgan fingerprint density at radius 2 is 1.89 bits per heavy atom. The van der Waals surface area contributed by atoms with E-state index in [2.05, 4.69) is 16.9 Å². The number of nitrogens with zero attached hydrogens (tertiary/aromatic N) is 2. The van der Waals surface area contributed by atoms with Gasteiger partial charge in [-0.2, -0.15) is 4.98 Å². The highest BCUT2D eigenvalue weighted by Crippen LogP contribution is 2.27. The molecule has 0 atom stereocenters. The van der Waals surface area contributed by atoms with Gasteiger partial charge in [0, 0.05) is 0 Å². The van der Waals surface area contributed by atoms with Crippen LogP contribution in [0.1, 0.15) is 18.9 Å². The van der Waals surface area contributed by atoms with E-state index in [1.165, 1.54) is 11.8 Å². The average molecular weight is 283 g/mol. The Morgan fingerprint density at radius 3 is 2.56 bits per heavy atom. The molecule has 0 aliphatic carbocycles. The summed E-state index contributed by atoms with van der Waals surface area (Å²) in [5, 5.41) is 0.439. The van der Waals surface area contributed by atoms with Crippen LogP contribution in [0, 0.1) is 0 Å². The molecule has 0 unspecified atom stereocenters. The summed E-state index contributed by atoms with van der Waals surface area (Å²) in [6.45, 7) is 2.15. The predicted molar refractivity (Wildman–Crippen MR) is 72.6 cm³/mol. The largest absolute Gasteiger partial charge is 0.437 e. The summed E-state index contributed by atoms with van der Waals surface area (Å²) in [6.07, 6.45) is 3.59. The van der Waals surface area contributed by atoms with Crippen LogP contribution < -0.4 is 4.74 Å². The molecule has 0 amide bonds. The zero-order valence-corrected chi connectivity index (χ0v) is 11.4. The summed E-state index contributed by atoms with van der Waals surface area (Å²) in [4.78, 5) is 7.69. The molecule has 94 valence electrons. The summed E-state index contributed by atoms with van der Waals surface area (Å²) in [5.74, 6) is 0.937. The van der Waals surface area contributed by atoms with Crippen LogP contribution in [0.2, 0.25) is 10.3 Å². The van der Waals surface area contributed by atoms with E-state index in [9.17, 15) is 0 Å². The van der Waals surface area contributed by atoms with Crippen molar-refractivity contribution in [3.8, 4) is 11.6 Å². The van der Waals surface area contributed by atoms with E-state index < -0.39 is 0 Å². The van der Waals surface area contributed by atoms with Gasteiger partial charge in [0.25, 0.3) is 0 Å². The van der Waals surface area contributed by atoms with Gasteiger partial charge in [-0.3, -0.25) is 0 Å². The van der Waals surface area contributed by atoms with Crippen molar-refractivity contribution in [3.05, 3.63) is 46.3 Å². The fourth-order valence-corrected chi connectivity index (χ4v) is 1.78. The van der Waals surface area contributed by atoms with Crippen molar-refractivity contribution >= 4 is 23.2 Å². The number of halogens is 2. The fourth-order valence-electron chi connectivity index (χ4n) is 1.53. The lowest BCUT2D eigenvalue weighted by Gasteiger charge is -2.07. The molecular weight excluding hydrogens is 271 g/mol. The standard InChI is InChI=1S/C13H12Cl2N2O/c1-2-3-9-4-6-10(7-5-9)18-12-11(14)8-16-13(15)17-12/h4-8H,2-3H2,1H3. The molecule has 0 radical (unpaired) electrons. The van der Waals surface area contributed by atoms with Gasteiger partial charge in [0.1, 0.15) is 10.8 Å². The van der Waals surface area contributed by atoms with Crippen LogP contribution in [0.4, 0.5) is 0 Å². The van der Waals surface area contributed by atoms with Crippen molar-refractivity contribution in [1.82, 2.24) is 9.97 Å². The highest BCUT2D eigenvalue weighted by Gasteiger charge is 2.06. The van der Waals surface area contributed by atoms with Gasteiger partial charge in [-0.15, -0.1) is 0 Å². The first-order chi connectivity index (χ1) is 8.69. The molecule has 5 heteroatoms. The number of hydrogen-bond acceptors (Lipinski definition) is 3. The Labute approximate surface area is 116 Å². The van der Waals surface area contributed by atoms with Gasteiger partial charge >= 0.3 is 0 Å². The van der Waals surface area contributed by atoms with Crippen LogP contribution in [-0.4, -0.2) is 9.97 Å². The Hall–Kier alpha value is -1.32. The van der Waals surface area contributed by atoms with E-state index in [1.54, 1.807) is 0 Å². The van der Waals surface area contributed by atoms with Crippen LogP contribution in [-0.2, 0) is 6.42 Å². The summed E-state index contributed by atoms with van der Waals surface area (Å²) in [6, 6.07) is 7.82. The molecule has 0 aliphatic heterocycles. The van der Waals surface area contributed by atoms with Gasteiger partial charge in [0.15, 0.2) is 0 Å². The minimum atomic E-state index is 0.108. The lowest BCUT2D eigenvalue weighted by Crippen LogP contribution is -1.92. The summed E-state index contributed by atoms with van der Waals surface area (Å²) in [7, 11) is 0. The zero-order valence-electron chi connectivity index (χ0n) is 9.86. The average Bonchev–Trinajstić information content (AvgIpc) is 2.37. The third-order valence-corrected chi connectivity index (χ3v) is 2.80. The van der Waals surface area contributed by atoms with Crippen LogP contribution in [0.5, 0.6) is 11.6 Å². The molecular formula is C13H12Cl2N2O. The van der Waals surface area contributed by atoms with Gasteiger partial charge in [0.2, 0.25) is 11.2 Å². The molecule has 0 bridgehead atoms. The molecule has 18 heavy (non-hydrogen) atoms. The molecule has 2 aromatic rings. The number of rotatable bonds is 4. The molecule has 1 heterocycles. The van der Waals surface area contributed by atoms with Crippen LogP contribution in [0.25, 0.3) is 0 Å². The van der Waals surface area contributed by atoms with Crippen molar-refractivity contribution in [1.29, 1.82) is 0 Å². The second kappa shape index (κ2) is 6.03. The Kier molecular flexibility index (Phi) is 4.39. The van der Waals surface area contributed by atoms with Gasteiger partial charge in [-0.25, -0.2) is 4.98 Å². The van der Waals surface area contributed by atoms with E-state index in [0.717, 1.165) is 12.8 Å². The van der Waals surface area contributed by atoms with E-state index >= 15 is 0 Å². The smallest absolute Gasteiger partial charge is 0.242 e. The van der Waals surface area contributed by atoms with Crippen LogP contribution in [0.15, 0.2) is 30.5 Å². The molecule has 0 saturated heterocycles. The highest BCUT2D eigenvalue weighted by molar-refractivity contribution is 6.32.